The molecule has 0 N–H and O–H groups in total. The number of nitro groups is 1. The van der Waals surface area contributed by atoms with E-state index >= 15 is 0 Å². The highest BCUT2D eigenvalue weighted by Crippen LogP contribution is 1.69. The standard InChI is InChI=1S/C3H6NO3/c1-7-3-2-4(5)6/h1-3H2. The molecule has 0 aromatic rings. The second-order valence-corrected chi connectivity index (χ2v) is 0.965. The van der Waals surface area contributed by atoms with Crippen LogP contribution >= 0.6 is 0 Å². The summed E-state index contributed by atoms with van der Waals surface area (Å²) in [5.74, 6) is 0. The minimum absolute atomic E-state index is 0.0903. The molecule has 0 atom stereocenters. The third kappa shape index (κ3) is 5.36. The van der Waals surface area contributed by atoms with Gasteiger partial charge in [-0.3, -0.25) is 10.1 Å². The van der Waals surface area contributed by atoms with Crippen molar-refractivity contribution in [2.45, 2.75) is 0 Å². The molecule has 0 bridgehead atoms. The van der Waals surface area contributed by atoms with Crippen LogP contribution in [-0.2, 0) is 4.74 Å². The number of hydrogen-bond acceptors (Lipinski definition) is 3. The smallest absolute Gasteiger partial charge is 0.226 e. The maximum Gasteiger partial charge on any atom is 0.226 e. The van der Waals surface area contributed by atoms with Gasteiger partial charge in [0.2, 0.25) is 6.54 Å². The Kier molecular flexibility index (Phi) is 3.22. The summed E-state index contributed by atoms with van der Waals surface area (Å²) in [4.78, 5) is 9.00. The lowest BCUT2D eigenvalue weighted by atomic mass is 10.7. The number of nitrogens with zero attached hydrogens (tertiary/aromatic N) is 1. The van der Waals surface area contributed by atoms with Crippen molar-refractivity contribution in [1.82, 2.24) is 0 Å². The fourth-order valence-electron chi connectivity index (χ4n) is 0.139. The van der Waals surface area contributed by atoms with E-state index in [1.165, 1.54) is 0 Å². The van der Waals surface area contributed by atoms with Gasteiger partial charge in [0.15, 0.2) is 0 Å². The molecule has 0 heterocycles. The molecule has 0 unspecified atom stereocenters. The summed E-state index contributed by atoms with van der Waals surface area (Å²) in [5.41, 5.74) is 0. The van der Waals surface area contributed by atoms with Gasteiger partial charge in [0.25, 0.3) is 0 Å². The van der Waals surface area contributed by atoms with Crippen LogP contribution in [0.3, 0.4) is 0 Å². The lowest BCUT2D eigenvalue weighted by molar-refractivity contribution is -0.482. The monoisotopic (exact) mass is 104 g/mol. The highest BCUT2D eigenvalue weighted by molar-refractivity contribution is 4.22. The second-order valence-electron chi connectivity index (χ2n) is 0.965. The Morgan fingerprint density at radius 1 is 1.86 bits per heavy atom. The molecule has 0 fully saturated rings. The predicted molar refractivity (Wildman–Crippen MR) is 23.2 cm³/mol. The zero-order valence-electron chi connectivity index (χ0n) is 3.79. The lowest BCUT2D eigenvalue weighted by Gasteiger charge is -1.87. The van der Waals surface area contributed by atoms with Crippen LogP contribution in [0.25, 0.3) is 0 Å². The van der Waals surface area contributed by atoms with E-state index in [0.717, 1.165) is 0 Å². The molecule has 4 nitrogen and oxygen atoms in total. The Labute approximate surface area is 41.2 Å². The van der Waals surface area contributed by atoms with E-state index in [1.807, 2.05) is 0 Å². The van der Waals surface area contributed by atoms with Gasteiger partial charge in [0.05, 0.1) is 7.11 Å². The maximum absolute atomic E-state index is 9.46. The summed E-state index contributed by atoms with van der Waals surface area (Å²) < 4.78 is 4.16. The molecule has 0 saturated carbocycles. The maximum atomic E-state index is 9.46. The molecule has 0 saturated heterocycles. The van der Waals surface area contributed by atoms with Crippen LogP contribution in [0.4, 0.5) is 0 Å². The van der Waals surface area contributed by atoms with Crippen LogP contribution in [-0.4, -0.2) is 18.1 Å². The molecule has 0 aromatic carbocycles. The van der Waals surface area contributed by atoms with E-state index in [9.17, 15) is 10.1 Å². The van der Waals surface area contributed by atoms with Gasteiger partial charge in [-0.05, 0) is 0 Å². The number of rotatable bonds is 3. The van der Waals surface area contributed by atoms with Crippen LogP contribution in [0.2, 0.25) is 0 Å². The molecule has 0 amide bonds. The van der Waals surface area contributed by atoms with Gasteiger partial charge in [-0.2, -0.15) is 0 Å². The van der Waals surface area contributed by atoms with Crippen LogP contribution in [0.1, 0.15) is 0 Å². The summed E-state index contributed by atoms with van der Waals surface area (Å²) in [5, 5.41) is 9.46. The molecule has 41 valence electrons. The van der Waals surface area contributed by atoms with Gasteiger partial charge >= 0.3 is 0 Å². The van der Waals surface area contributed by atoms with Gasteiger partial charge in [0, 0.05) is 4.92 Å². The quantitative estimate of drug-likeness (QED) is 0.376. The van der Waals surface area contributed by atoms with Crippen molar-refractivity contribution in [2.75, 3.05) is 13.2 Å². The van der Waals surface area contributed by atoms with Crippen LogP contribution < -0.4 is 0 Å². The van der Waals surface area contributed by atoms with Gasteiger partial charge < -0.3 is 4.74 Å². The Bertz CT molecular complexity index is 63.2. The first-order valence-electron chi connectivity index (χ1n) is 1.76. The van der Waals surface area contributed by atoms with E-state index < -0.39 is 4.92 Å². The third-order valence-corrected chi connectivity index (χ3v) is 0.418. The van der Waals surface area contributed by atoms with Crippen LogP contribution in [0.5, 0.6) is 0 Å². The Balaban J connectivity index is 2.82. The highest BCUT2D eigenvalue weighted by atomic mass is 16.6. The van der Waals surface area contributed by atoms with E-state index in [0.29, 0.717) is 0 Å². The zero-order chi connectivity index (χ0) is 5.70. The molecule has 0 spiro atoms. The number of ether oxygens (including phenoxy) is 1. The lowest BCUT2D eigenvalue weighted by Crippen LogP contribution is -2.05. The summed E-state index contributed by atoms with van der Waals surface area (Å²) in [6.45, 7) is -0.0729. The van der Waals surface area contributed by atoms with E-state index in [1.54, 1.807) is 0 Å². The molecule has 0 aliphatic carbocycles. The van der Waals surface area contributed by atoms with Gasteiger partial charge in [-0.1, -0.05) is 0 Å². The Morgan fingerprint density at radius 2 is 2.43 bits per heavy atom. The first-order chi connectivity index (χ1) is 3.27. The first kappa shape index (κ1) is 6.36. The van der Waals surface area contributed by atoms with Crippen molar-refractivity contribution < 1.29 is 9.66 Å². The van der Waals surface area contributed by atoms with Gasteiger partial charge in [-0.25, -0.2) is 0 Å². The second kappa shape index (κ2) is 3.55. The molecular weight excluding hydrogens is 98.0 g/mol. The van der Waals surface area contributed by atoms with Gasteiger partial charge in [0.1, 0.15) is 6.61 Å². The van der Waals surface area contributed by atoms with Crippen molar-refractivity contribution in [3.8, 4) is 0 Å². The van der Waals surface area contributed by atoms with E-state index in [-0.39, 0.29) is 13.2 Å². The van der Waals surface area contributed by atoms with Crippen molar-refractivity contribution in [1.29, 1.82) is 0 Å². The fourth-order valence-corrected chi connectivity index (χ4v) is 0.139. The minimum Gasteiger partial charge on any atom is -0.372 e. The summed E-state index contributed by atoms with van der Waals surface area (Å²) in [6, 6.07) is 0. The molecule has 0 aliphatic heterocycles. The van der Waals surface area contributed by atoms with Crippen molar-refractivity contribution >= 4 is 0 Å². The van der Waals surface area contributed by atoms with Crippen molar-refractivity contribution in [3.05, 3.63) is 17.2 Å². The molecule has 0 rings (SSSR count). The fraction of sp³-hybridized carbons (Fsp3) is 0.667. The van der Waals surface area contributed by atoms with Crippen molar-refractivity contribution in [3.63, 3.8) is 0 Å². The Hall–Kier alpha value is -0.640. The molecule has 4 heteroatoms. The van der Waals surface area contributed by atoms with Gasteiger partial charge in [-0.15, -0.1) is 0 Å². The zero-order valence-corrected chi connectivity index (χ0v) is 3.79. The average molecular weight is 104 g/mol. The molecule has 1 radical (unpaired) electrons. The van der Waals surface area contributed by atoms with E-state index in [4.69, 9.17) is 0 Å². The Morgan fingerprint density at radius 3 is 2.57 bits per heavy atom. The average Bonchev–Trinajstić information content (AvgIpc) is 1.61. The molecule has 0 aliphatic rings. The summed E-state index contributed by atoms with van der Waals surface area (Å²) >= 11 is 0. The summed E-state index contributed by atoms with van der Waals surface area (Å²) in [6.07, 6.45) is 0. The molecule has 7 heavy (non-hydrogen) atoms. The van der Waals surface area contributed by atoms with Crippen molar-refractivity contribution in [2.24, 2.45) is 0 Å². The van der Waals surface area contributed by atoms with Crippen LogP contribution in [0.15, 0.2) is 0 Å². The largest absolute Gasteiger partial charge is 0.372 e. The molecule has 0 aromatic heterocycles. The minimum atomic E-state index is -0.453. The van der Waals surface area contributed by atoms with Crippen LogP contribution in [0, 0.1) is 17.2 Å². The van der Waals surface area contributed by atoms with E-state index in [2.05, 4.69) is 11.8 Å². The summed E-state index contributed by atoms with van der Waals surface area (Å²) in [7, 11) is 2.95. The SMILES string of the molecule is [CH2]OCC[N+](=O)[O-]. The molecular formula is C3H6NO3. The predicted octanol–water partition coefficient (Wildman–Crippen LogP) is 0.0713. The normalized spacial score (nSPS) is 8.71. The number of hydrogen-bond donors (Lipinski definition) is 0. The topological polar surface area (TPSA) is 52.4 Å². The first-order valence-corrected chi connectivity index (χ1v) is 1.76. The third-order valence-electron chi connectivity index (χ3n) is 0.418. The highest BCUT2D eigenvalue weighted by Gasteiger charge is 1.90.